The number of ether oxygens (including phenoxy) is 1. The molecule has 0 aliphatic carbocycles. The van der Waals surface area contributed by atoms with Crippen LogP contribution in [0.2, 0.25) is 0 Å². The summed E-state index contributed by atoms with van der Waals surface area (Å²) < 4.78 is 5.57. The highest BCUT2D eigenvalue weighted by Gasteiger charge is 2.03. The van der Waals surface area contributed by atoms with Crippen LogP contribution in [0.4, 0.5) is 11.4 Å². The molecule has 0 aliphatic heterocycles. The van der Waals surface area contributed by atoms with Gasteiger partial charge in [0.25, 0.3) is 5.69 Å². The molecule has 2 rings (SSSR count). The van der Waals surface area contributed by atoms with Crippen LogP contribution >= 0.6 is 0 Å². The number of hydrogen-bond acceptors (Lipinski definition) is 4. The van der Waals surface area contributed by atoms with Gasteiger partial charge < -0.3 is 10.1 Å². The molecule has 0 saturated carbocycles. The van der Waals surface area contributed by atoms with Crippen molar-refractivity contribution in [2.45, 2.75) is 6.42 Å². The topological polar surface area (TPSA) is 64.4 Å². The molecule has 104 valence electrons. The molecule has 0 saturated heterocycles. The molecular formula is C15H16N2O3. The van der Waals surface area contributed by atoms with Gasteiger partial charge in [-0.3, -0.25) is 10.1 Å². The van der Waals surface area contributed by atoms with Gasteiger partial charge in [0.05, 0.1) is 11.5 Å². The second-order valence-corrected chi connectivity index (χ2v) is 4.25. The minimum absolute atomic E-state index is 0.1000. The summed E-state index contributed by atoms with van der Waals surface area (Å²) in [6.07, 6.45) is 0.853. The Morgan fingerprint density at radius 2 is 1.75 bits per heavy atom. The van der Waals surface area contributed by atoms with Crippen LogP contribution in [-0.2, 0) is 0 Å². The number of nitro benzene ring substituents is 1. The van der Waals surface area contributed by atoms with Gasteiger partial charge in [-0.25, -0.2) is 0 Å². The first-order chi connectivity index (χ1) is 9.75. The van der Waals surface area contributed by atoms with Crippen molar-refractivity contribution in [2.24, 2.45) is 0 Å². The lowest BCUT2D eigenvalue weighted by Crippen LogP contribution is -2.07. The highest BCUT2D eigenvalue weighted by Crippen LogP contribution is 2.15. The Hall–Kier alpha value is -2.56. The van der Waals surface area contributed by atoms with Crippen molar-refractivity contribution in [1.29, 1.82) is 0 Å². The van der Waals surface area contributed by atoms with Crippen LogP contribution in [0.15, 0.2) is 54.6 Å². The van der Waals surface area contributed by atoms with Crippen LogP contribution in [0.5, 0.6) is 5.75 Å². The predicted molar refractivity (Wildman–Crippen MR) is 78.1 cm³/mol. The molecule has 0 amide bonds. The first kappa shape index (κ1) is 13.9. The third-order valence-electron chi connectivity index (χ3n) is 2.74. The highest BCUT2D eigenvalue weighted by molar-refractivity contribution is 5.48. The SMILES string of the molecule is O=[N+]([O-])c1ccc(NCCCOc2ccccc2)cc1. The fraction of sp³-hybridized carbons (Fsp3) is 0.200. The van der Waals surface area contributed by atoms with Gasteiger partial charge in [-0.2, -0.15) is 0 Å². The number of nitrogens with one attached hydrogen (secondary N) is 1. The summed E-state index contributed by atoms with van der Waals surface area (Å²) in [6.45, 7) is 1.38. The largest absolute Gasteiger partial charge is 0.494 e. The number of rotatable bonds is 7. The molecule has 0 fully saturated rings. The zero-order valence-corrected chi connectivity index (χ0v) is 11.0. The lowest BCUT2D eigenvalue weighted by Gasteiger charge is -2.08. The van der Waals surface area contributed by atoms with Crippen molar-refractivity contribution in [2.75, 3.05) is 18.5 Å². The monoisotopic (exact) mass is 272 g/mol. The Morgan fingerprint density at radius 1 is 1.05 bits per heavy atom. The number of nitro groups is 1. The number of para-hydroxylation sites is 1. The summed E-state index contributed by atoms with van der Waals surface area (Å²) >= 11 is 0. The van der Waals surface area contributed by atoms with Crippen molar-refractivity contribution in [1.82, 2.24) is 0 Å². The normalized spacial score (nSPS) is 10.0. The third kappa shape index (κ3) is 4.28. The molecule has 0 radical (unpaired) electrons. The molecular weight excluding hydrogens is 256 g/mol. The van der Waals surface area contributed by atoms with E-state index >= 15 is 0 Å². The maximum absolute atomic E-state index is 10.5. The maximum atomic E-state index is 10.5. The van der Waals surface area contributed by atoms with Crippen molar-refractivity contribution in [3.63, 3.8) is 0 Å². The van der Waals surface area contributed by atoms with Crippen LogP contribution in [0.3, 0.4) is 0 Å². The van der Waals surface area contributed by atoms with E-state index in [0.29, 0.717) is 6.61 Å². The van der Waals surface area contributed by atoms with Crippen molar-refractivity contribution in [3.05, 3.63) is 64.7 Å². The van der Waals surface area contributed by atoms with E-state index in [1.54, 1.807) is 12.1 Å². The van der Waals surface area contributed by atoms with Crippen molar-refractivity contribution >= 4 is 11.4 Å². The van der Waals surface area contributed by atoms with E-state index in [9.17, 15) is 10.1 Å². The van der Waals surface area contributed by atoms with Gasteiger partial charge >= 0.3 is 0 Å². The second-order valence-electron chi connectivity index (χ2n) is 4.25. The van der Waals surface area contributed by atoms with E-state index < -0.39 is 4.92 Å². The van der Waals surface area contributed by atoms with Crippen molar-refractivity contribution in [3.8, 4) is 5.75 Å². The average Bonchev–Trinajstić information content (AvgIpc) is 2.48. The molecule has 2 aromatic carbocycles. The molecule has 0 spiro atoms. The van der Waals surface area contributed by atoms with E-state index in [1.807, 2.05) is 30.3 Å². The average molecular weight is 272 g/mol. The van der Waals surface area contributed by atoms with Crippen molar-refractivity contribution < 1.29 is 9.66 Å². The Morgan fingerprint density at radius 3 is 2.40 bits per heavy atom. The second kappa shape index (κ2) is 7.13. The summed E-state index contributed by atoms with van der Waals surface area (Å²) in [6, 6.07) is 16.0. The fourth-order valence-electron chi connectivity index (χ4n) is 1.71. The van der Waals surface area contributed by atoms with Gasteiger partial charge in [0.15, 0.2) is 0 Å². The summed E-state index contributed by atoms with van der Waals surface area (Å²) in [5.41, 5.74) is 0.971. The Bertz CT molecular complexity index is 541. The van der Waals surface area contributed by atoms with Gasteiger partial charge in [-0.05, 0) is 30.7 Å². The van der Waals surface area contributed by atoms with Crippen LogP contribution in [-0.4, -0.2) is 18.1 Å². The Kier molecular flexibility index (Phi) is 4.94. The molecule has 5 nitrogen and oxygen atoms in total. The number of nitrogens with zero attached hydrogens (tertiary/aromatic N) is 1. The number of benzene rings is 2. The zero-order chi connectivity index (χ0) is 14.2. The third-order valence-corrected chi connectivity index (χ3v) is 2.74. The first-order valence-electron chi connectivity index (χ1n) is 6.42. The summed E-state index contributed by atoms with van der Waals surface area (Å²) in [5, 5.41) is 13.7. The van der Waals surface area contributed by atoms with E-state index in [4.69, 9.17) is 4.74 Å². The quantitative estimate of drug-likeness (QED) is 0.476. The molecule has 0 heterocycles. The smallest absolute Gasteiger partial charge is 0.269 e. The molecule has 0 atom stereocenters. The fourth-order valence-corrected chi connectivity index (χ4v) is 1.71. The first-order valence-corrected chi connectivity index (χ1v) is 6.42. The minimum atomic E-state index is -0.405. The molecule has 0 bridgehead atoms. The van der Waals surface area contributed by atoms with E-state index in [-0.39, 0.29) is 5.69 Å². The van der Waals surface area contributed by atoms with Gasteiger partial charge in [-0.1, -0.05) is 18.2 Å². The molecule has 1 N–H and O–H groups in total. The van der Waals surface area contributed by atoms with Gasteiger partial charge in [0, 0.05) is 24.4 Å². The molecule has 0 aromatic heterocycles. The lowest BCUT2D eigenvalue weighted by atomic mass is 10.3. The molecule has 2 aromatic rings. The van der Waals surface area contributed by atoms with Crippen LogP contribution in [0.25, 0.3) is 0 Å². The predicted octanol–water partition coefficient (Wildman–Crippen LogP) is 3.48. The molecule has 20 heavy (non-hydrogen) atoms. The lowest BCUT2D eigenvalue weighted by molar-refractivity contribution is -0.384. The van der Waals surface area contributed by atoms with Gasteiger partial charge in [0.1, 0.15) is 5.75 Å². The summed E-state index contributed by atoms with van der Waals surface area (Å²) in [5.74, 6) is 0.864. The number of non-ortho nitro benzene ring substituents is 1. The number of hydrogen-bond donors (Lipinski definition) is 1. The van der Waals surface area contributed by atoms with Crippen LogP contribution in [0.1, 0.15) is 6.42 Å². The minimum Gasteiger partial charge on any atom is -0.494 e. The van der Waals surface area contributed by atoms with E-state index in [2.05, 4.69) is 5.32 Å². The highest BCUT2D eigenvalue weighted by atomic mass is 16.6. The Balaban J connectivity index is 1.67. The zero-order valence-electron chi connectivity index (χ0n) is 11.0. The van der Waals surface area contributed by atoms with Crippen LogP contribution < -0.4 is 10.1 Å². The maximum Gasteiger partial charge on any atom is 0.269 e. The molecule has 0 unspecified atom stereocenters. The van der Waals surface area contributed by atoms with E-state index in [1.165, 1.54) is 12.1 Å². The van der Waals surface area contributed by atoms with Gasteiger partial charge in [0.2, 0.25) is 0 Å². The standard InChI is InChI=1S/C15H16N2O3/c18-17(19)14-9-7-13(8-10-14)16-11-4-12-20-15-5-2-1-3-6-15/h1-3,5-10,16H,4,11-12H2. The number of anilines is 1. The summed E-state index contributed by atoms with van der Waals surface area (Å²) in [4.78, 5) is 10.1. The van der Waals surface area contributed by atoms with E-state index in [0.717, 1.165) is 24.4 Å². The Labute approximate surface area is 117 Å². The molecule has 0 aliphatic rings. The molecule has 5 heteroatoms. The summed E-state index contributed by atoms with van der Waals surface area (Å²) in [7, 11) is 0. The van der Waals surface area contributed by atoms with Gasteiger partial charge in [-0.15, -0.1) is 0 Å². The van der Waals surface area contributed by atoms with Crippen LogP contribution in [0, 0.1) is 10.1 Å².